The van der Waals surface area contributed by atoms with E-state index in [0.717, 1.165) is 0 Å². The van der Waals surface area contributed by atoms with E-state index in [1.165, 1.54) is 21.3 Å². The van der Waals surface area contributed by atoms with Crippen LogP contribution in [0.3, 0.4) is 0 Å². The first-order valence-electron chi connectivity index (χ1n) is 4.11. The highest BCUT2D eigenvalue weighted by Gasteiger charge is 2.07. The summed E-state index contributed by atoms with van der Waals surface area (Å²) in [7, 11) is 4.53. The first-order valence-corrected chi connectivity index (χ1v) is 4.11. The van der Waals surface area contributed by atoms with E-state index in [1.54, 1.807) is 0 Å². The molecule has 0 unspecified atom stereocenters. The quantitative estimate of drug-likeness (QED) is 0.512. The number of carbonyl (C=O) groups is 1. The molecule has 0 aromatic heterocycles. The SMILES string of the molecule is CC(C)(C)OC=O.COC(OC)OC. The van der Waals surface area contributed by atoms with Gasteiger partial charge in [0, 0.05) is 21.3 Å². The minimum absolute atomic E-state index is 0.318. The van der Waals surface area contributed by atoms with E-state index in [-0.39, 0.29) is 5.60 Å². The summed E-state index contributed by atoms with van der Waals surface area (Å²) in [6.45, 7) is 5.41. The topological polar surface area (TPSA) is 54.0 Å². The van der Waals surface area contributed by atoms with E-state index in [4.69, 9.17) is 0 Å². The van der Waals surface area contributed by atoms with Crippen LogP contribution in [0.15, 0.2) is 0 Å². The first-order chi connectivity index (χ1) is 6.41. The Morgan fingerprint density at radius 2 is 1.36 bits per heavy atom. The molecular weight excluding hydrogens is 188 g/mol. The van der Waals surface area contributed by atoms with Gasteiger partial charge in [-0.3, -0.25) is 4.79 Å². The summed E-state index contributed by atoms with van der Waals surface area (Å²) in [5, 5.41) is 0. The predicted molar refractivity (Wildman–Crippen MR) is 51.7 cm³/mol. The molecule has 0 radical (unpaired) electrons. The fourth-order valence-electron chi connectivity index (χ4n) is 0.433. The van der Waals surface area contributed by atoms with Crippen LogP contribution in [0.4, 0.5) is 0 Å². The van der Waals surface area contributed by atoms with E-state index in [9.17, 15) is 4.79 Å². The highest BCUT2D eigenvalue weighted by Crippen LogP contribution is 2.02. The van der Waals surface area contributed by atoms with Crippen molar-refractivity contribution in [3.63, 3.8) is 0 Å². The molecule has 0 aliphatic rings. The standard InChI is InChI=1S/C5H10O2.C4H10O3/c1-5(2,3)7-4-6;1-5-4(6-2)7-3/h2*4H,1-3H3. The molecule has 0 aliphatic heterocycles. The van der Waals surface area contributed by atoms with Gasteiger partial charge in [0.15, 0.2) is 0 Å². The zero-order valence-electron chi connectivity index (χ0n) is 9.70. The zero-order valence-corrected chi connectivity index (χ0v) is 9.70. The first kappa shape index (κ1) is 15.8. The van der Waals surface area contributed by atoms with Crippen molar-refractivity contribution in [2.24, 2.45) is 0 Å². The molecule has 0 atom stereocenters. The minimum atomic E-state index is -0.514. The molecule has 0 spiro atoms. The molecule has 0 fully saturated rings. The number of carbonyl (C=O) groups excluding carboxylic acids is 1. The summed E-state index contributed by atoms with van der Waals surface area (Å²) in [4.78, 5) is 9.60. The molecule has 0 aliphatic carbocycles. The lowest BCUT2D eigenvalue weighted by Crippen LogP contribution is -2.17. The van der Waals surface area contributed by atoms with Gasteiger partial charge in [-0.15, -0.1) is 0 Å². The van der Waals surface area contributed by atoms with Crippen LogP contribution in [-0.2, 0) is 23.7 Å². The second-order valence-electron chi connectivity index (χ2n) is 3.32. The van der Waals surface area contributed by atoms with E-state index < -0.39 is 6.48 Å². The molecule has 0 aromatic rings. The maximum Gasteiger partial charge on any atom is 0.293 e. The van der Waals surface area contributed by atoms with E-state index in [0.29, 0.717) is 6.47 Å². The van der Waals surface area contributed by atoms with Gasteiger partial charge in [-0.1, -0.05) is 0 Å². The maximum absolute atomic E-state index is 9.60. The van der Waals surface area contributed by atoms with Crippen molar-refractivity contribution in [1.29, 1.82) is 0 Å². The molecule has 5 heteroatoms. The highest BCUT2D eigenvalue weighted by atomic mass is 16.8. The Balaban J connectivity index is 0. The summed E-state index contributed by atoms with van der Waals surface area (Å²) in [6.07, 6.45) is 0. The van der Waals surface area contributed by atoms with Crippen LogP contribution in [0.2, 0.25) is 0 Å². The van der Waals surface area contributed by atoms with Crippen LogP contribution in [0.5, 0.6) is 0 Å². The zero-order chi connectivity index (χ0) is 11.6. The Morgan fingerprint density at radius 3 is 1.36 bits per heavy atom. The second kappa shape index (κ2) is 8.93. The van der Waals surface area contributed by atoms with Gasteiger partial charge in [-0.05, 0) is 20.8 Å². The summed E-state index contributed by atoms with van der Waals surface area (Å²) in [5.41, 5.74) is -0.318. The van der Waals surface area contributed by atoms with Crippen molar-refractivity contribution in [2.45, 2.75) is 32.8 Å². The predicted octanol–water partition coefficient (Wildman–Crippen LogP) is 1.17. The lowest BCUT2D eigenvalue weighted by Gasteiger charge is -2.14. The van der Waals surface area contributed by atoms with Crippen molar-refractivity contribution in [2.75, 3.05) is 21.3 Å². The Hall–Kier alpha value is -0.650. The average molecular weight is 208 g/mol. The smallest absolute Gasteiger partial charge is 0.293 e. The molecule has 0 heterocycles. The van der Waals surface area contributed by atoms with Gasteiger partial charge in [-0.25, -0.2) is 0 Å². The third-order valence-electron chi connectivity index (χ3n) is 0.979. The van der Waals surface area contributed by atoms with Gasteiger partial charge in [0.2, 0.25) is 0 Å². The Morgan fingerprint density at radius 1 is 1.00 bits per heavy atom. The van der Waals surface area contributed by atoms with Gasteiger partial charge >= 0.3 is 0 Å². The molecular formula is C9H20O5. The van der Waals surface area contributed by atoms with Gasteiger partial charge in [-0.2, -0.15) is 0 Å². The van der Waals surface area contributed by atoms with Crippen molar-refractivity contribution < 1.29 is 23.7 Å². The number of rotatable bonds is 4. The summed E-state index contributed by atoms with van der Waals surface area (Å²) in [6, 6.07) is 0. The van der Waals surface area contributed by atoms with E-state index in [2.05, 4.69) is 18.9 Å². The maximum atomic E-state index is 9.60. The fraction of sp³-hybridized carbons (Fsp3) is 0.889. The number of methoxy groups -OCH3 is 3. The van der Waals surface area contributed by atoms with Crippen molar-refractivity contribution in [3.05, 3.63) is 0 Å². The Kier molecular flexibility index (Phi) is 10.1. The van der Waals surface area contributed by atoms with Gasteiger partial charge in [0.05, 0.1) is 0 Å². The Bertz CT molecular complexity index is 120. The van der Waals surface area contributed by atoms with Crippen molar-refractivity contribution >= 4 is 6.47 Å². The third kappa shape index (κ3) is 13.9. The van der Waals surface area contributed by atoms with Crippen LogP contribution >= 0.6 is 0 Å². The van der Waals surface area contributed by atoms with Crippen molar-refractivity contribution in [3.8, 4) is 0 Å². The van der Waals surface area contributed by atoms with Crippen molar-refractivity contribution in [1.82, 2.24) is 0 Å². The van der Waals surface area contributed by atoms with E-state index in [1.807, 2.05) is 20.8 Å². The van der Waals surface area contributed by atoms with Gasteiger partial charge in [0.25, 0.3) is 12.9 Å². The molecule has 0 rings (SSSR count). The molecule has 0 N–H and O–H groups in total. The molecule has 5 nitrogen and oxygen atoms in total. The molecule has 0 amide bonds. The average Bonchev–Trinajstić information content (AvgIpc) is 2.06. The molecule has 0 saturated heterocycles. The van der Waals surface area contributed by atoms with Crippen LogP contribution in [0.25, 0.3) is 0 Å². The summed E-state index contributed by atoms with van der Waals surface area (Å²) in [5.74, 6) is 0. The largest absolute Gasteiger partial charge is 0.462 e. The summed E-state index contributed by atoms with van der Waals surface area (Å²) >= 11 is 0. The Labute approximate surface area is 85.3 Å². The lowest BCUT2D eigenvalue weighted by molar-refractivity contribution is -0.252. The van der Waals surface area contributed by atoms with E-state index >= 15 is 0 Å². The van der Waals surface area contributed by atoms with Crippen LogP contribution in [0, 0.1) is 0 Å². The number of ether oxygens (including phenoxy) is 4. The minimum Gasteiger partial charge on any atom is -0.462 e. The van der Waals surface area contributed by atoms with Crippen LogP contribution in [0.1, 0.15) is 20.8 Å². The normalized spacial score (nSPS) is 10.5. The molecule has 0 saturated carbocycles. The summed E-state index contributed by atoms with van der Waals surface area (Å²) < 4.78 is 18.4. The fourth-order valence-corrected chi connectivity index (χ4v) is 0.433. The molecule has 86 valence electrons. The number of hydrogen-bond donors (Lipinski definition) is 0. The lowest BCUT2D eigenvalue weighted by atomic mass is 10.2. The molecule has 14 heavy (non-hydrogen) atoms. The second-order valence-corrected chi connectivity index (χ2v) is 3.32. The van der Waals surface area contributed by atoms with Crippen LogP contribution in [-0.4, -0.2) is 39.9 Å². The van der Waals surface area contributed by atoms with Gasteiger partial charge < -0.3 is 18.9 Å². The number of hydrogen-bond acceptors (Lipinski definition) is 5. The third-order valence-corrected chi connectivity index (χ3v) is 0.979. The molecule has 0 bridgehead atoms. The molecule has 0 aromatic carbocycles. The monoisotopic (exact) mass is 208 g/mol. The van der Waals surface area contributed by atoms with Crippen LogP contribution < -0.4 is 0 Å². The van der Waals surface area contributed by atoms with Gasteiger partial charge in [0.1, 0.15) is 5.60 Å². The highest BCUT2D eigenvalue weighted by molar-refractivity contribution is 5.37.